The van der Waals surface area contributed by atoms with Crippen LogP contribution in [0.3, 0.4) is 0 Å². The molecule has 0 atom stereocenters. The highest BCUT2D eigenvalue weighted by Gasteiger charge is 2.03. The van der Waals surface area contributed by atoms with Crippen molar-refractivity contribution in [2.24, 2.45) is 0 Å². The van der Waals surface area contributed by atoms with Gasteiger partial charge in [0.2, 0.25) is 0 Å². The van der Waals surface area contributed by atoms with Crippen molar-refractivity contribution in [1.82, 2.24) is 9.97 Å². The Morgan fingerprint density at radius 2 is 2.11 bits per heavy atom. The van der Waals surface area contributed by atoms with Gasteiger partial charge in [-0.1, -0.05) is 17.7 Å². The third-order valence-electron chi connectivity index (χ3n) is 2.17. The fourth-order valence-electron chi connectivity index (χ4n) is 1.30. The van der Waals surface area contributed by atoms with Crippen molar-refractivity contribution < 1.29 is 9.18 Å². The van der Waals surface area contributed by atoms with Crippen LogP contribution in [0.1, 0.15) is 15.9 Å². The summed E-state index contributed by atoms with van der Waals surface area (Å²) >= 11 is 5.64. The lowest BCUT2D eigenvalue weighted by Gasteiger charge is -1.95. The number of carbonyl (C=O) groups is 1. The molecule has 18 heavy (non-hydrogen) atoms. The predicted molar refractivity (Wildman–Crippen MR) is 66.8 cm³/mol. The van der Waals surface area contributed by atoms with Crippen LogP contribution in [0.5, 0.6) is 0 Å². The second-order valence-electron chi connectivity index (χ2n) is 3.50. The summed E-state index contributed by atoms with van der Waals surface area (Å²) in [6, 6.07) is 4.48. The zero-order chi connectivity index (χ0) is 13.0. The number of pyridine rings is 2. The molecule has 0 aliphatic rings. The van der Waals surface area contributed by atoms with Gasteiger partial charge in [-0.3, -0.25) is 9.78 Å². The summed E-state index contributed by atoms with van der Waals surface area (Å²) in [6.07, 6.45) is 6.81. The van der Waals surface area contributed by atoms with E-state index in [2.05, 4.69) is 9.97 Å². The van der Waals surface area contributed by atoms with Gasteiger partial charge < -0.3 is 0 Å². The monoisotopic (exact) mass is 262 g/mol. The van der Waals surface area contributed by atoms with Crippen LogP contribution in [-0.4, -0.2) is 15.8 Å². The predicted octanol–water partition coefficient (Wildman–Crippen LogP) is 3.17. The molecular formula is C13H8ClFN2O. The van der Waals surface area contributed by atoms with Gasteiger partial charge >= 0.3 is 0 Å². The molecule has 2 aromatic rings. The van der Waals surface area contributed by atoms with Crippen LogP contribution < -0.4 is 0 Å². The summed E-state index contributed by atoms with van der Waals surface area (Å²) in [5.41, 5.74) is 0.935. The molecule has 0 aliphatic heterocycles. The van der Waals surface area contributed by atoms with Crippen LogP contribution in [-0.2, 0) is 0 Å². The molecular weight excluding hydrogens is 255 g/mol. The highest BCUT2D eigenvalue weighted by atomic mass is 35.5. The molecule has 0 unspecified atom stereocenters. The Morgan fingerprint density at radius 3 is 2.78 bits per heavy atom. The molecule has 2 aromatic heterocycles. The van der Waals surface area contributed by atoms with Gasteiger partial charge in [-0.2, -0.15) is 0 Å². The Balaban J connectivity index is 2.14. The number of hydrogen-bond acceptors (Lipinski definition) is 3. The van der Waals surface area contributed by atoms with E-state index in [-0.39, 0.29) is 11.3 Å². The van der Waals surface area contributed by atoms with Crippen LogP contribution >= 0.6 is 11.6 Å². The second kappa shape index (κ2) is 5.51. The van der Waals surface area contributed by atoms with Crippen LogP contribution in [0, 0.1) is 5.82 Å². The number of hydrogen-bond donors (Lipinski definition) is 0. The fraction of sp³-hybridized carbons (Fsp3) is 0. The number of allylic oxidation sites excluding steroid dienone is 1. The first-order chi connectivity index (χ1) is 8.65. The molecule has 0 bridgehead atoms. The van der Waals surface area contributed by atoms with Gasteiger partial charge in [0.15, 0.2) is 5.78 Å². The average Bonchev–Trinajstić information content (AvgIpc) is 2.38. The van der Waals surface area contributed by atoms with Crippen LogP contribution in [0.25, 0.3) is 6.08 Å². The van der Waals surface area contributed by atoms with Crippen molar-refractivity contribution in [3.05, 3.63) is 65.0 Å². The summed E-state index contributed by atoms with van der Waals surface area (Å²) in [5.74, 6) is -0.862. The molecule has 0 saturated carbocycles. The lowest BCUT2D eigenvalue weighted by molar-refractivity contribution is 0.104. The first-order valence-corrected chi connectivity index (χ1v) is 5.47. The van der Waals surface area contributed by atoms with Crippen molar-refractivity contribution in [1.29, 1.82) is 0 Å². The molecule has 0 saturated heterocycles. The van der Waals surface area contributed by atoms with Crippen LogP contribution in [0.4, 0.5) is 4.39 Å². The van der Waals surface area contributed by atoms with E-state index in [0.717, 1.165) is 17.8 Å². The first-order valence-electron chi connectivity index (χ1n) is 5.10. The molecule has 0 fully saturated rings. The maximum absolute atomic E-state index is 12.9. The van der Waals surface area contributed by atoms with Gasteiger partial charge in [0, 0.05) is 18.0 Å². The summed E-state index contributed by atoms with van der Waals surface area (Å²) in [7, 11) is 0. The largest absolute Gasteiger partial charge is 0.289 e. The number of carbonyl (C=O) groups excluding carboxylic acids is 1. The van der Waals surface area contributed by atoms with Gasteiger partial charge in [0.05, 0.1) is 6.20 Å². The highest BCUT2D eigenvalue weighted by Crippen LogP contribution is 2.08. The number of aromatic nitrogens is 2. The van der Waals surface area contributed by atoms with Crippen molar-refractivity contribution in [3.63, 3.8) is 0 Å². The molecule has 0 amide bonds. The molecule has 3 nitrogen and oxygen atoms in total. The summed E-state index contributed by atoms with van der Waals surface area (Å²) in [4.78, 5) is 19.2. The smallest absolute Gasteiger partial charge is 0.187 e. The minimum atomic E-state index is -0.539. The Morgan fingerprint density at radius 1 is 1.28 bits per heavy atom. The Hall–Kier alpha value is -2.07. The van der Waals surface area contributed by atoms with E-state index in [4.69, 9.17) is 11.6 Å². The SMILES string of the molecule is O=C(/C=C/c1ccc(Cl)nc1)c1cncc(F)c1. The van der Waals surface area contributed by atoms with Crippen molar-refractivity contribution in [2.45, 2.75) is 0 Å². The Kier molecular flexibility index (Phi) is 3.79. The van der Waals surface area contributed by atoms with Crippen molar-refractivity contribution >= 4 is 23.5 Å². The molecule has 0 radical (unpaired) electrons. The lowest BCUT2D eigenvalue weighted by Crippen LogP contribution is -1.96. The molecule has 5 heteroatoms. The fourth-order valence-corrected chi connectivity index (χ4v) is 1.41. The van der Waals surface area contributed by atoms with E-state index >= 15 is 0 Å². The number of ketones is 1. The first kappa shape index (κ1) is 12.4. The van der Waals surface area contributed by atoms with Crippen molar-refractivity contribution in [3.8, 4) is 0 Å². The van der Waals surface area contributed by atoms with Gasteiger partial charge in [-0.05, 0) is 29.8 Å². The van der Waals surface area contributed by atoms with Crippen LogP contribution in [0.15, 0.2) is 42.9 Å². The molecule has 2 heterocycles. The number of halogens is 2. The molecule has 0 aliphatic carbocycles. The van der Waals surface area contributed by atoms with Gasteiger partial charge in [0.25, 0.3) is 0 Å². The number of nitrogens with zero attached hydrogens (tertiary/aromatic N) is 2. The Labute approximate surface area is 108 Å². The van der Waals surface area contributed by atoms with Crippen LogP contribution in [0.2, 0.25) is 5.15 Å². The van der Waals surface area contributed by atoms with Gasteiger partial charge in [0.1, 0.15) is 11.0 Å². The third kappa shape index (κ3) is 3.21. The zero-order valence-corrected chi connectivity index (χ0v) is 9.93. The quantitative estimate of drug-likeness (QED) is 0.485. The maximum atomic E-state index is 12.9. The third-order valence-corrected chi connectivity index (χ3v) is 2.39. The maximum Gasteiger partial charge on any atom is 0.187 e. The zero-order valence-electron chi connectivity index (χ0n) is 9.18. The van der Waals surface area contributed by atoms with E-state index in [1.165, 1.54) is 18.5 Å². The Bertz CT molecular complexity index is 596. The summed E-state index contributed by atoms with van der Waals surface area (Å²) in [5, 5.41) is 0.382. The van der Waals surface area contributed by atoms with E-state index in [9.17, 15) is 9.18 Å². The summed E-state index contributed by atoms with van der Waals surface area (Å²) in [6.45, 7) is 0. The number of rotatable bonds is 3. The molecule has 0 spiro atoms. The van der Waals surface area contributed by atoms with E-state index in [0.29, 0.717) is 5.15 Å². The van der Waals surface area contributed by atoms with Crippen molar-refractivity contribution in [2.75, 3.05) is 0 Å². The molecule has 0 N–H and O–H groups in total. The minimum Gasteiger partial charge on any atom is -0.289 e. The van der Waals surface area contributed by atoms with Gasteiger partial charge in [-0.15, -0.1) is 0 Å². The van der Waals surface area contributed by atoms with Gasteiger partial charge in [-0.25, -0.2) is 9.37 Å². The summed E-state index contributed by atoms with van der Waals surface area (Å²) < 4.78 is 12.9. The van der Waals surface area contributed by atoms with E-state index in [1.807, 2.05) is 0 Å². The molecule has 90 valence electrons. The minimum absolute atomic E-state index is 0.202. The lowest BCUT2D eigenvalue weighted by atomic mass is 10.1. The second-order valence-corrected chi connectivity index (χ2v) is 3.89. The normalized spacial score (nSPS) is 10.8. The molecule has 0 aromatic carbocycles. The van der Waals surface area contributed by atoms with E-state index in [1.54, 1.807) is 18.2 Å². The molecule has 2 rings (SSSR count). The highest BCUT2D eigenvalue weighted by molar-refractivity contribution is 6.29. The average molecular weight is 263 g/mol. The standard InChI is InChI=1S/C13H8ClFN2O/c14-13-4-2-9(6-17-13)1-3-12(18)10-5-11(15)8-16-7-10/h1-8H/b3-1+. The topological polar surface area (TPSA) is 42.9 Å². The van der Waals surface area contributed by atoms with E-state index < -0.39 is 5.82 Å².